The molecule has 276 valence electrons. The van der Waals surface area contributed by atoms with Gasteiger partial charge in [0.15, 0.2) is 5.65 Å². The van der Waals surface area contributed by atoms with Crippen LogP contribution in [0.1, 0.15) is 49.4 Å². The number of imidazole rings is 2. The molecule has 0 amide bonds. The Morgan fingerprint density at radius 2 is 1.21 bits per heavy atom. The van der Waals surface area contributed by atoms with E-state index in [1.807, 2.05) is 0 Å². The fourth-order valence-corrected chi connectivity index (χ4v) is 9.06. The molecule has 0 saturated carbocycles. The van der Waals surface area contributed by atoms with E-state index in [-0.39, 0.29) is 0 Å². The minimum Gasteiger partial charge on any atom is -0.292 e. The fraction of sp³-hybridized carbons (Fsp3) is 0.113. The van der Waals surface area contributed by atoms with Gasteiger partial charge in [0.1, 0.15) is 5.52 Å². The van der Waals surface area contributed by atoms with Gasteiger partial charge in [-0.3, -0.25) is 13.5 Å². The van der Waals surface area contributed by atoms with Crippen LogP contribution in [-0.4, -0.2) is 18.5 Å². The van der Waals surface area contributed by atoms with Crippen molar-refractivity contribution in [2.45, 2.75) is 40.5 Å². The van der Waals surface area contributed by atoms with Crippen molar-refractivity contribution in [3.63, 3.8) is 0 Å². The van der Waals surface area contributed by atoms with Crippen LogP contribution in [0.4, 0.5) is 0 Å². The lowest BCUT2D eigenvalue weighted by Gasteiger charge is -2.18. The smallest absolute Gasteiger partial charge is 0.222 e. The lowest BCUT2D eigenvalue weighted by molar-refractivity contribution is 1.09. The highest BCUT2D eigenvalue weighted by Crippen LogP contribution is 2.40. The van der Waals surface area contributed by atoms with E-state index >= 15 is 0 Å². The number of fused-ring (bicyclic) bond motifs is 8. The van der Waals surface area contributed by atoms with Crippen molar-refractivity contribution >= 4 is 61.8 Å². The van der Waals surface area contributed by atoms with E-state index in [4.69, 9.17) is 4.98 Å². The molecule has 3 heterocycles. The highest BCUT2D eigenvalue weighted by molar-refractivity contribution is 6.10. The zero-order valence-electron chi connectivity index (χ0n) is 32.9. The first-order valence-corrected chi connectivity index (χ1v) is 20.2. The molecule has 0 atom stereocenters. The summed E-state index contributed by atoms with van der Waals surface area (Å²) in [5, 5.41) is 3.79. The first-order valence-electron chi connectivity index (χ1n) is 20.2. The number of hydrogen-bond acceptors (Lipinski definition) is 1. The van der Waals surface area contributed by atoms with Gasteiger partial charge >= 0.3 is 0 Å². The van der Waals surface area contributed by atoms with E-state index < -0.39 is 0 Å². The molecule has 0 fully saturated rings. The third-order valence-electron chi connectivity index (χ3n) is 11.7. The third-order valence-corrected chi connectivity index (χ3v) is 11.7. The van der Waals surface area contributed by atoms with Crippen molar-refractivity contribution in [3.05, 3.63) is 180 Å². The Labute approximate surface area is 333 Å². The minimum absolute atomic E-state index is 0.894. The van der Waals surface area contributed by atoms with E-state index in [9.17, 15) is 0 Å². The fourth-order valence-electron chi connectivity index (χ4n) is 9.06. The first kappa shape index (κ1) is 34.6. The monoisotopic (exact) mass is 736 g/mol. The molecule has 0 saturated heterocycles. The molecule has 10 aromatic rings. The summed E-state index contributed by atoms with van der Waals surface area (Å²) in [7, 11) is 0. The lowest BCUT2D eigenvalue weighted by Crippen LogP contribution is -1.98. The zero-order chi connectivity index (χ0) is 38.6. The summed E-state index contributed by atoms with van der Waals surface area (Å²) in [5.74, 6) is 0.894. The number of benzene rings is 7. The Bertz CT molecular complexity index is 3210. The maximum Gasteiger partial charge on any atom is 0.222 e. The Kier molecular flexibility index (Phi) is 8.48. The molecule has 10 rings (SSSR count). The van der Waals surface area contributed by atoms with Crippen LogP contribution in [-0.2, 0) is 6.42 Å². The second-order valence-corrected chi connectivity index (χ2v) is 14.9. The average molecular weight is 737 g/mol. The molecule has 0 aliphatic heterocycles. The molecule has 0 aliphatic rings. The van der Waals surface area contributed by atoms with E-state index in [0.29, 0.717) is 0 Å². The van der Waals surface area contributed by atoms with Crippen molar-refractivity contribution < 1.29 is 0 Å². The summed E-state index contributed by atoms with van der Waals surface area (Å²) in [6.45, 7) is 8.88. The number of aromatic nitrogens is 4. The van der Waals surface area contributed by atoms with Crippen LogP contribution in [0.25, 0.3) is 95.4 Å². The van der Waals surface area contributed by atoms with Gasteiger partial charge in [-0.25, -0.2) is 0 Å². The van der Waals surface area contributed by atoms with Gasteiger partial charge in [0.05, 0.1) is 16.6 Å². The van der Waals surface area contributed by atoms with Crippen molar-refractivity contribution in [2.24, 2.45) is 0 Å². The normalized spacial score (nSPS) is 12.2. The minimum atomic E-state index is 0.894. The van der Waals surface area contributed by atoms with E-state index in [0.717, 1.165) is 63.3 Å². The number of hydrogen-bond donors (Lipinski definition) is 0. The van der Waals surface area contributed by atoms with Gasteiger partial charge in [0.25, 0.3) is 0 Å². The first-order chi connectivity index (χ1) is 28.1. The summed E-state index contributed by atoms with van der Waals surface area (Å²) in [6, 6.07) is 52.8. The highest BCUT2D eigenvalue weighted by Gasteiger charge is 2.24. The Morgan fingerprint density at radius 3 is 1.93 bits per heavy atom. The summed E-state index contributed by atoms with van der Waals surface area (Å²) in [5.41, 5.74) is 17.8. The molecule has 0 unspecified atom stereocenters. The molecule has 0 radical (unpaired) electrons. The average Bonchev–Trinajstić information content (AvgIpc) is 3.89. The molecule has 0 aliphatic carbocycles. The summed E-state index contributed by atoms with van der Waals surface area (Å²) >= 11 is 0. The van der Waals surface area contributed by atoms with Crippen LogP contribution < -0.4 is 0 Å². The number of rotatable bonds is 8. The summed E-state index contributed by atoms with van der Waals surface area (Å²) in [4.78, 5) is 5.46. The van der Waals surface area contributed by atoms with Crippen LogP contribution in [0.15, 0.2) is 158 Å². The predicted molar refractivity (Wildman–Crippen MR) is 243 cm³/mol. The number of allylic oxidation sites excluding steroid dienone is 2. The molecule has 57 heavy (non-hydrogen) atoms. The van der Waals surface area contributed by atoms with E-state index in [1.165, 1.54) is 55.1 Å². The van der Waals surface area contributed by atoms with Crippen molar-refractivity contribution in [2.75, 3.05) is 0 Å². The van der Waals surface area contributed by atoms with Crippen molar-refractivity contribution in [1.82, 2.24) is 18.5 Å². The van der Waals surface area contributed by atoms with Gasteiger partial charge in [-0.05, 0) is 137 Å². The van der Waals surface area contributed by atoms with Crippen LogP contribution in [0.2, 0.25) is 0 Å². The maximum absolute atomic E-state index is 5.46. The van der Waals surface area contributed by atoms with Crippen molar-refractivity contribution in [3.8, 4) is 33.6 Å². The Balaban J connectivity index is 1.17. The van der Waals surface area contributed by atoms with Gasteiger partial charge in [-0.2, -0.15) is 4.98 Å². The topological polar surface area (TPSA) is 27.2 Å². The number of para-hydroxylation sites is 3. The molecule has 0 bridgehead atoms. The number of nitrogens with zero attached hydrogens (tertiary/aromatic N) is 4. The molecule has 0 N–H and O–H groups in total. The zero-order valence-corrected chi connectivity index (χ0v) is 32.9. The van der Waals surface area contributed by atoms with Crippen LogP contribution >= 0.6 is 0 Å². The van der Waals surface area contributed by atoms with E-state index in [1.54, 1.807) is 0 Å². The second-order valence-electron chi connectivity index (χ2n) is 14.9. The van der Waals surface area contributed by atoms with Crippen LogP contribution in [0, 0.1) is 6.92 Å². The summed E-state index contributed by atoms with van der Waals surface area (Å²) in [6.07, 6.45) is 11.1. The van der Waals surface area contributed by atoms with Gasteiger partial charge in [-0.15, -0.1) is 0 Å². The third kappa shape index (κ3) is 5.47. The Morgan fingerprint density at radius 1 is 0.544 bits per heavy atom. The molecular weight excluding hydrogens is 693 g/mol. The van der Waals surface area contributed by atoms with Gasteiger partial charge in [-0.1, -0.05) is 129 Å². The summed E-state index contributed by atoms with van der Waals surface area (Å²) < 4.78 is 6.96. The molecule has 7 aromatic carbocycles. The molecular formula is C53H44N4. The predicted octanol–water partition coefficient (Wildman–Crippen LogP) is 14.2. The SMILES string of the molecule is C/C=C\c1c(CC)c(C)c(/C=C\CC)c2ccc(-c3cccc(-c4ccc5c(c4)n(-c4ccccc4)c4nc6c(c7ccccc7n6-c6ccccc6)n54)c3)cc12. The van der Waals surface area contributed by atoms with Gasteiger partial charge in [0.2, 0.25) is 5.78 Å². The van der Waals surface area contributed by atoms with Gasteiger partial charge < -0.3 is 0 Å². The lowest BCUT2D eigenvalue weighted by atomic mass is 9.86. The van der Waals surface area contributed by atoms with Crippen molar-refractivity contribution in [1.29, 1.82) is 0 Å². The molecule has 0 spiro atoms. The molecule has 4 heteroatoms. The highest BCUT2D eigenvalue weighted by atomic mass is 15.2. The van der Waals surface area contributed by atoms with Crippen LogP contribution in [0.5, 0.6) is 0 Å². The van der Waals surface area contributed by atoms with Crippen LogP contribution in [0.3, 0.4) is 0 Å². The second kappa shape index (κ2) is 14.0. The largest absolute Gasteiger partial charge is 0.292 e. The standard InChI is InChI=1S/C53H44N4/c1-5-8-25-43-35(4)42(7-3)44(18-6-2)47-33-38(28-30-45(43)47)36-19-17-20-37(32-36)39-29-31-49-50(34-39)56(41-23-13-10-14-24-41)53-54-52-51(57(49)53)46-26-15-16-27-48(46)55(52)40-21-11-9-12-22-40/h6,8-34H,5,7H2,1-4H3/b18-6-,25-8-. The maximum atomic E-state index is 5.46. The van der Waals surface area contributed by atoms with Gasteiger partial charge in [0, 0.05) is 16.8 Å². The van der Waals surface area contributed by atoms with E-state index in [2.05, 4.69) is 211 Å². The quantitative estimate of drug-likeness (QED) is 0.153. The Hall–Kier alpha value is -6.91. The molecule has 3 aromatic heterocycles. The molecule has 4 nitrogen and oxygen atoms in total.